The Labute approximate surface area is 160 Å². The van der Waals surface area contributed by atoms with Gasteiger partial charge in [-0.05, 0) is 26.7 Å². The second kappa shape index (κ2) is 12.9. The Morgan fingerprint density at radius 3 is 2.85 bits per heavy atom. The summed E-state index contributed by atoms with van der Waals surface area (Å²) in [5, 5.41) is 14.4. The van der Waals surface area contributed by atoms with Crippen molar-refractivity contribution in [2.24, 2.45) is 5.16 Å². The Morgan fingerprint density at radius 2 is 2.19 bits per heavy atom. The maximum absolute atomic E-state index is 12.4. The summed E-state index contributed by atoms with van der Waals surface area (Å²) in [6, 6.07) is 0.0424. The Morgan fingerprint density at radius 1 is 1.41 bits per heavy atom. The minimum Gasteiger partial charge on any atom is -0.411 e. The van der Waals surface area contributed by atoms with E-state index in [9.17, 15) is 9.59 Å². The Bertz CT molecular complexity index is 600. The number of oxime groups is 1. The highest BCUT2D eigenvalue weighted by Gasteiger charge is 2.17. The lowest BCUT2D eigenvalue weighted by atomic mass is 10.1. The van der Waals surface area contributed by atoms with Gasteiger partial charge in [0.15, 0.2) is 5.82 Å². The van der Waals surface area contributed by atoms with E-state index >= 15 is 0 Å². The summed E-state index contributed by atoms with van der Waals surface area (Å²) in [5.41, 5.74) is 0. The van der Waals surface area contributed by atoms with Gasteiger partial charge in [-0.25, -0.2) is 4.98 Å². The summed E-state index contributed by atoms with van der Waals surface area (Å²) < 4.78 is 6.93. The fourth-order valence-corrected chi connectivity index (χ4v) is 2.62. The van der Waals surface area contributed by atoms with Crippen LogP contribution in [-0.4, -0.2) is 70.5 Å². The first kappa shape index (κ1) is 22.6. The van der Waals surface area contributed by atoms with E-state index in [1.807, 2.05) is 24.6 Å². The normalized spacial score (nSPS) is 11.3. The topological polar surface area (TPSA) is 109 Å². The number of ether oxygens (including phenoxy) is 1. The van der Waals surface area contributed by atoms with E-state index in [-0.39, 0.29) is 24.4 Å². The maximum atomic E-state index is 12.4. The second-order valence-electron chi connectivity index (χ2n) is 6.56. The molecule has 9 nitrogen and oxygen atoms in total. The number of nitrogens with zero attached hydrogens (tertiary/aromatic N) is 4. The van der Waals surface area contributed by atoms with E-state index in [1.165, 1.54) is 6.21 Å². The van der Waals surface area contributed by atoms with Crippen molar-refractivity contribution in [3.05, 3.63) is 18.2 Å². The molecule has 2 N–H and O–H groups in total. The SMILES string of the molecule is COCCN(CC(=O)NC(C)C)C(=O)CCCCCn1ccnc1/C=N/O. The van der Waals surface area contributed by atoms with Gasteiger partial charge in [-0.3, -0.25) is 9.59 Å². The Kier molecular flexibility index (Phi) is 10.8. The number of carbonyl (C=O) groups excluding carboxylic acids is 2. The molecule has 9 heteroatoms. The quantitative estimate of drug-likeness (QED) is 0.231. The zero-order valence-electron chi connectivity index (χ0n) is 16.4. The molecule has 0 saturated heterocycles. The molecule has 1 aromatic rings. The van der Waals surface area contributed by atoms with Crippen LogP contribution in [-0.2, 0) is 20.9 Å². The number of hydrogen-bond donors (Lipinski definition) is 2. The summed E-state index contributed by atoms with van der Waals surface area (Å²) in [5.74, 6) is 0.393. The molecular weight excluding hydrogens is 350 g/mol. The molecule has 0 unspecified atom stereocenters. The number of aromatic nitrogens is 2. The first-order valence-electron chi connectivity index (χ1n) is 9.22. The van der Waals surface area contributed by atoms with Crippen LogP contribution < -0.4 is 5.32 Å². The molecule has 0 spiro atoms. The lowest BCUT2D eigenvalue weighted by Gasteiger charge is -2.22. The molecule has 0 atom stereocenters. The van der Waals surface area contributed by atoms with E-state index in [0.717, 1.165) is 25.8 Å². The largest absolute Gasteiger partial charge is 0.411 e. The Balaban J connectivity index is 2.37. The van der Waals surface area contributed by atoms with Crippen LogP contribution in [0.5, 0.6) is 0 Å². The molecule has 0 aromatic carbocycles. The number of carbonyl (C=O) groups is 2. The third kappa shape index (κ3) is 9.18. The lowest BCUT2D eigenvalue weighted by Crippen LogP contribution is -2.43. The van der Waals surface area contributed by atoms with Gasteiger partial charge in [-0.1, -0.05) is 11.6 Å². The molecule has 0 saturated carbocycles. The molecule has 0 fully saturated rings. The number of aryl methyl sites for hydroxylation is 1. The molecule has 1 rings (SSSR count). The molecule has 0 radical (unpaired) electrons. The van der Waals surface area contributed by atoms with Crippen LogP contribution in [0.15, 0.2) is 17.5 Å². The summed E-state index contributed by atoms with van der Waals surface area (Å²) >= 11 is 0. The first-order valence-corrected chi connectivity index (χ1v) is 9.22. The third-order valence-corrected chi connectivity index (χ3v) is 3.91. The number of nitrogens with one attached hydrogen (secondary N) is 1. The van der Waals surface area contributed by atoms with Gasteiger partial charge in [0.05, 0.1) is 13.2 Å². The molecule has 1 aromatic heterocycles. The second-order valence-corrected chi connectivity index (χ2v) is 6.56. The predicted molar refractivity (Wildman–Crippen MR) is 102 cm³/mol. The van der Waals surface area contributed by atoms with Gasteiger partial charge in [-0.2, -0.15) is 0 Å². The highest BCUT2D eigenvalue weighted by Crippen LogP contribution is 2.07. The van der Waals surface area contributed by atoms with Gasteiger partial charge in [0.2, 0.25) is 11.8 Å². The molecule has 0 aliphatic carbocycles. The number of hydrogen-bond acceptors (Lipinski definition) is 6. The summed E-state index contributed by atoms with van der Waals surface area (Å²) in [6.07, 6.45) is 7.65. The average Bonchev–Trinajstić information content (AvgIpc) is 3.05. The molecule has 27 heavy (non-hydrogen) atoms. The van der Waals surface area contributed by atoms with Crippen molar-refractivity contribution < 1.29 is 19.5 Å². The van der Waals surface area contributed by atoms with E-state index in [1.54, 1.807) is 18.2 Å². The highest BCUT2D eigenvalue weighted by atomic mass is 16.5. The van der Waals surface area contributed by atoms with Gasteiger partial charge in [0.1, 0.15) is 6.21 Å². The molecule has 1 heterocycles. The van der Waals surface area contributed by atoms with E-state index in [4.69, 9.17) is 9.94 Å². The molecule has 152 valence electrons. The smallest absolute Gasteiger partial charge is 0.239 e. The van der Waals surface area contributed by atoms with E-state index < -0.39 is 0 Å². The number of imidazole rings is 1. The molecular formula is C18H31N5O4. The van der Waals surface area contributed by atoms with E-state index in [0.29, 0.717) is 25.4 Å². The van der Waals surface area contributed by atoms with Crippen molar-refractivity contribution in [2.45, 2.75) is 52.1 Å². The minimum absolute atomic E-state index is 0.0401. The summed E-state index contributed by atoms with van der Waals surface area (Å²) in [6.45, 7) is 5.36. The zero-order chi connectivity index (χ0) is 20.1. The third-order valence-electron chi connectivity index (χ3n) is 3.91. The molecule has 0 aliphatic rings. The minimum atomic E-state index is -0.160. The average molecular weight is 381 g/mol. The molecule has 0 bridgehead atoms. The van der Waals surface area contributed by atoms with Crippen molar-refractivity contribution in [3.63, 3.8) is 0 Å². The standard InChI is InChI=1S/C18H31N5O4/c1-15(2)21-17(24)14-23(11-12-27-3)18(25)7-5-4-6-9-22-10-8-19-16(22)13-20-26/h8,10,13,15,26H,4-7,9,11-12,14H2,1-3H3,(H,21,24)/b20-13+. The Hall–Kier alpha value is -2.42. The first-order chi connectivity index (χ1) is 13.0. The van der Waals surface area contributed by atoms with Crippen molar-refractivity contribution in [1.82, 2.24) is 19.8 Å². The fraction of sp³-hybridized carbons (Fsp3) is 0.667. The monoisotopic (exact) mass is 381 g/mol. The van der Waals surface area contributed by atoms with Crippen molar-refractivity contribution >= 4 is 18.0 Å². The maximum Gasteiger partial charge on any atom is 0.239 e. The number of rotatable bonds is 13. The summed E-state index contributed by atoms with van der Waals surface area (Å²) in [4.78, 5) is 30.0. The van der Waals surface area contributed by atoms with Gasteiger partial charge in [0, 0.05) is 45.1 Å². The van der Waals surface area contributed by atoms with Gasteiger partial charge >= 0.3 is 0 Å². The van der Waals surface area contributed by atoms with Crippen molar-refractivity contribution in [2.75, 3.05) is 26.8 Å². The van der Waals surface area contributed by atoms with Crippen molar-refractivity contribution in [3.8, 4) is 0 Å². The van der Waals surface area contributed by atoms with Crippen LogP contribution in [0.2, 0.25) is 0 Å². The molecule has 2 amide bonds. The summed E-state index contributed by atoms with van der Waals surface area (Å²) in [7, 11) is 1.57. The van der Waals surface area contributed by atoms with Gasteiger partial charge in [-0.15, -0.1) is 0 Å². The number of amides is 2. The fourth-order valence-electron chi connectivity index (χ4n) is 2.62. The van der Waals surface area contributed by atoms with Crippen LogP contribution >= 0.6 is 0 Å². The van der Waals surface area contributed by atoms with E-state index in [2.05, 4.69) is 15.5 Å². The van der Waals surface area contributed by atoms with Crippen LogP contribution in [0.4, 0.5) is 0 Å². The predicted octanol–water partition coefficient (Wildman–Crippen LogP) is 1.25. The van der Waals surface area contributed by atoms with Crippen LogP contribution in [0.25, 0.3) is 0 Å². The molecule has 0 aliphatic heterocycles. The number of methoxy groups -OCH3 is 1. The van der Waals surface area contributed by atoms with Gasteiger partial charge < -0.3 is 24.7 Å². The number of unbranched alkanes of at least 4 members (excludes halogenated alkanes) is 2. The van der Waals surface area contributed by atoms with Crippen molar-refractivity contribution in [1.29, 1.82) is 0 Å². The lowest BCUT2D eigenvalue weighted by molar-refractivity contribution is -0.136. The van der Waals surface area contributed by atoms with Gasteiger partial charge in [0.25, 0.3) is 0 Å². The highest BCUT2D eigenvalue weighted by molar-refractivity contribution is 5.84. The van der Waals surface area contributed by atoms with Crippen LogP contribution in [0.3, 0.4) is 0 Å². The van der Waals surface area contributed by atoms with Crippen LogP contribution in [0.1, 0.15) is 45.4 Å². The zero-order valence-corrected chi connectivity index (χ0v) is 16.4. The van der Waals surface area contributed by atoms with Crippen LogP contribution in [0, 0.1) is 0 Å².